The molecule has 0 N–H and O–H groups in total. The molecular weight excluding hydrogens is 198 g/mol. The van der Waals surface area contributed by atoms with Crippen LogP contribution in [0.3, 0.4) is 0 Å². The maximum atomic E-state index is 10.6. The second-order valence-electron chi connectivity index (χ2n) is 6.32. The summed E-state index contributed by atoms with van der Waals surface area (Å²) in [7, 11) is 0. The first kappa shape index (κ1) is 12.9. The molecule has 0 amide bonds. The minimum absolute atomic E-state index is 0.0311. The van der Waals surface area contributed by atoms with Gasteiger partial charge in [0, 0.05) is 0 Å². The maximum absolute atomic E-state index is 10.6. The van der Waals surface area contributed by atoms with E-state index >= 15 is 0 Å². The summed E-state index contributed by atoms with van der Waals surface area (Å²) in [5.41, 5.74) is 3.12. The van der Waals surface area contributed by atoms with E-state index < -0.39 is 0 Å². The summed E-state index contributed by atoms with van der Waals surface area (Å²) < 4.78 is 0. The Morgan fingerprint density at radius 3 is 1.75 bits per heavy atom. The van der Waals surface area contributed by atoms with Crippen molar-refractivity contribution in [3.8, 4) is 0 Å². The molecule has 0 aliphatic heterocycles. The van der Waals surface area contributed by atoms with Crippen molar-refractivity contribution >= 4 is 5.69 Å². The lowest BCUT2D eigenvalue weighted by molar-refractivity contribution is 0.530. The van der Waals surface area contributed by atoms with Gasteiger partial charge in [-0.3, -0.25) is 0 Å². The number of hydrogen-bond donors (Lipinski definition) is 0. The van der Waals surface area contributed by atoms with Crippen LogP contribution in [0.15, 0.2) is 23.4 Å². The van der Waals surface area contributed by atoms with E-state index in [-0.39, 0.29) is 10.8 Å². The Balaban J connectivity index is 3.45. The molecule has 1 aromatic rings. The molecule has 2 nitrogen and oxygen atoms in total. The van der Waals surface area contributed by atoms with E-state index in [2.05, 4.69) is 46.7 Å². The summed E-state index contributed by atoms with van der Waals surface area (Å²) in [6, 6.07) is 5.73. The van der Waals surface area contributed by atoms with E-state index in [4.69, 9.17) is 0 Å². The van der Waals surface area contributed by atoms with Crippen molar-refractivity contribution in [2.24, 2.45) is 5.18 Å². The van der Waals surface area contributed by atoms with Crippen molar-refractivity contribution in [3.05, 3.63) is 34.2 Å². The smallest absolute Gasteiger partial charge is 0.108 e. The molecule has 0 heterocycles. The average molecular weight is 219 g/mol. The SMILES string of the molecule is CC(C)(C)c1ccc(N=O)cc1C(C)(C)C. The molecule has 1 rings (SSSR count). The van der Waals surface area contributed by atoms with Gasteiger partial charge in [0.1, 0.15) is 5.69 Å². The van der Waals surface area contributed by atoms with Crippen LogP contribution in [-0.4, -0.2) is 0 Å². The van der Waals surface area contributed by atoms with Gasteiger partial charge in [0.15, 0.2) is 0 Å². The fourth-order valence-corrected chi connectivity index (χ4v) is 1.86. The molecule has 1 aromatic carbocycles. The van der Waals surface area contributed by atoms with Crippen LogP contribution in [0.5, 0.6) is 0 Å². The van der Waals surface area contributed by atoms with Crippen molar-refractivity contribution in [1.29, 1.82) is 0 Å². The highest BCUT2D eigenvalue weighted by Crippen LogP contribution is 2.35. The van der Waals surface area contributed by atoms with E-state index in [0.717, 1.165) is 0 Å². The van der Waals surface area contributed by atoms with Gasteiger partial charge in [-0.25, -0.2) is 0 Å². The van der Waals surface area contributed by atoms with Crippen molar-refractivity contribution in [2.45, 2.75) is 52.4 Å². The lowest BCUT2D eigenvalue weighted by Crippen LogP contribution is -2.21. The molecule has 0 unspecified atom stereocenters. The van der Waals surface area contributed by atoms with Gasteiger partial charge in [-0.05, 0) is 39.3 Å². The molecule has 0 radical (unpaired) electrons. The molecule has 0 saturated carbocycles. The highest BCUT2D eigenvalue weighted by atomic mass is 16.3. The fraction of sp³-hybridized carbons (Fsp3) is 0.571. The predicted molar refractivity (Wildman–Crippen MR) is 69.3 cm³/mol. The van der Waals surface area contributed by atoms with Gasteiger partial charge in [0.05, 0.1) is 0 Å². The first-order chi connectivity index (χ1) is 7.16. The van der Waals surface area contributed by atoms with Gasteiger partial charge in [-0.1, -0.05) is 47.6 Å². The molecule has 0 saturated heterocycles. The van der Waals surface area contributed by atoms with Crippen LogP contribution >= 0.6 is 0 Å². The Morgan fingerprint density at radius 1 is 0.875 bits per heavy atom. The monoisotopic (exact) mass is 219 g/mol. The van der Waals surface area contributed by atoms with Crippen molar-refractivity contribution < 1.29 is 0 Å². The topological polar surface area (TPSA) is 29.4 Å². The highest BCUT2D eigenvalue weighted by molar-refractivity contribution is 5.48. The van der Waals surface area contributed by atoms with E-state index in [0.29, 0.717) is 5.69 Å². The standard InChI is InChI=1S/C14H21NO/c1-13(2,3)11-8-7-10(15-16)9-12(11)14(4,5)6/h7-9H,1-6H3. The molecule has 2 heteroatoms. The van der Waals surface area contributed by atoms with Crippen LogP contribution < -0.4 is 0 Å². The number of rotatable bonds is 1. The zero-order chi connectivity index (χ0) is 12.6. The molecule has 0 bridgehead atoms. The fourth-order valence-electron chi connectivity index (χ4n) is 1.86. The van der Waals surface area contributed by atoms with Crippen LogP contribution in [0.25, 0.3) is 0 Å². The van der Waals surface area contributed by atoms with Gasteiger partial charge in [-0.15, -0.1) is 4.91 Å². The van der Waals surface area contributed by atoms with Crippen LogP contribution in [0.1, 0.15) is 52.7 Å². The second-order valence-corrected chi connectivity index (χ2v) is 6.32. The third kappa shape index (κ3) is 2.69. The summed E-state index contributed by atoms with van der Waals surface area (Å²) >= 11 is 0. The third-order valence-electron chi connectivity index (χ3n) is 2.72. The van der Waals surface area contributed by atoms with Crippen LogP contribution in [0.2, 0.25) is 0 Å². The summed E-state index contributed by atoms with van der Waals surface area (Å²) in [4.78, 5) is 10.6. The van der Waals surface area contributed by atoms with Gasteiger partial charge >= 0.3 is 0 Å². The predicted octanol–water partition coefficient (Wildman–Crippen LogP) is 4.68. The molecule has 0 aliphatic carbocycles. The molecule has 0 spiro atoms. The Kier molecular flexibility index (Phi) is 3.22. The Morgan fingerprint density at radius 2 is 1.38 bits per heavy atom. The summed E-state index contributed by atoms with van der Waals surface area (Å²) in [5, 5.41) is 3.02. The second kappa shape index (κ2) is 4.00. The van der Waals surface area contributed by atoms with Crippen molar-refractivity contribution in [3.63, 3.8) is 0 Å². The van der Waals surface area contributed by atoms with Gasteiger partial charge in [0.25, 0.3) is 0 Å². The Hall–Kier alpha value is -1.18. The molecule has 0 aliphatic rings. The van der Waals surface area contributed by atoms with Crippen molar-refractivity contribution in [1.82, 2.24) is 0 Å². The molecule has 88 valence electrons. The first-order valence-corrected chi connectivity index (χ1v) is 5.64. The van der Waals surface area contributed by atoms with Gasteiger partial charge in [0.2, 0.25) is 0 Å². The molecule has 0 atom stereocenters. The molecule has 0 aromatic heterocycles. The van der Waals surface area contributed by atoms with Crippen LogP contribution in [0.4, 0.5) is 5.69 Å². The van der Waals surface area contributed by atoms with E-state index in [1.807, 2.05) is 12.1 Å². The maximum Gasteiger partial charge on any atom is 0.108 e. The Bertz CT molecular complexity index is 394. The summed E-state index contributed by atoms with van der Waals surface area (Å²) in [6.45, 7) is 13.0. The number of nitroso groups, excluding NO2 is 1. The largest absolute Gasteiger partial charge is 0.145 e. The summed E-state index contributed by atoms with van der Waals surface area (Å²) in [6.07, 6.45) is 0. The Labute approximate surface area is 98.0 Å². The van der Waals surface area contributed by atoms with E-state index in [1.165, 1.54) is 11.1 Å². The highest BCUT2D eigenvalue weighted by Gasteiger charge is 2.25. The number of nitrogens with zero attached hydrogens (tertiary/aromatic N) is 1. The van der Waals surface area contributed by atoms with Gasteiger partial charge < -0.3 is 0 Å². The van der Waals surface area contributed by atoms with Crippen LogP contribution in [-0.2, 0) is 10.8 Å². The molecule has 16 heavy (non-hydrogen) atoms. The first-order valence-electron chi connectivity index (χ1n) is 5.64. The zero-order valence-electron chi connectivity index (χ0n) is 11.1. The third-order valence-corrected chi connectivity index (χ3v) is 2.72. The lowest BCUT2D eigenvalue weighted by atomic mass is 9.75. The number of hydrogen-bond acceptors (Lipinski definition) is 2. The van der Waals surface area contributed by atoms with Crippen molar-refractivity contribution in [2.75, 3.05) is 0 Å². The average Bonchev–Trinajstić information content (AvgIpc) is 2.14. The lowest BCUT2D eigenvalue weighted by Gasteiger charge is -2.30. The summed E-state index contributed by atoms with van der Waals surface area (Å²) in [5.74, 6) is 0. The molecule has 0 fully saturated rings. The molecular formula is C14H21NO. The quantitative estimate of drug-likeness (QED) is 0.630. The normalized spacial score (nSPS) is 12.6. The van der Waals surface area contributed by atoms with E-state index in [9.17, 15) is 4.91 Å². The minimum atomic E-state index is 0.0311. The van der Waals surface area contributed by atoms with Crippen LogP contribution in [0, 0.1) is 4.91 Å². The van der Waals surface area contributed by atoms with E-state index in [1.54, 1.807) is 6.07 Å². The zero-order valence-corrected chi connectivity index (χ0v) is 11.1. The van der Waals surface area contributed by atoms with Gasteiger partial charge in [-0.2, -0.15) is 0 Å². The number of benzene rings is 1. The minimum Gasteiger partial charge on any atom is -0.145 e.